The lowest BCUT2D eigenvalue weighted by atomic mass is 10.3. The molecular formula is C7H12N4O. The van der Waals surface area contributed by atoms with Gasteiger partial charge in [0.1, 0.15) is 0 Å². The van der Waals surface area contributed by atoms with Crippen molar-refractivity contribution in [3.63, 3.8) is 0 Å². The first-order valence-electron chi connectivity index (χ1n) is 3.70. The number of carbonyl (C=O) groups excluding carboxylic acids is 1. The Balaban J connectivity index is 2.78. The number of hydrogen-bond acceptors (Lipinski definition) is 3. The van der Waals surface area contributed by atoms with Crippen LogP contribution >= 0.6 is 0 Å². The molecule has 0 unspecified atom stereocenters. The van der Waals surface area contributed by atoms with E-state index in [4.69, 9.17) is 5.84 Å². The Kier molecular flexibility index (Phi) is 2.44. The fourth-order valence-corrected chi connectivity index (χ4v) is 0.841. The summed E-state index contributed by atoms with van der Waals surface area (Å²) < 4.78 is 1.57. The quantitative estimate of drug-likeness (QED) is 0.376. The Bertz CT molecular complexity index is 281. The highest BCUT2D eigenvalue weighted by molar-refractivity contribution is 5.93. The van der Waals surface area contributed by atoms with Gasteiger partial charge in [-0.1, -0.05) is 0 Å². The number of amides is 1. The standard InChI is InChI=1S/C7H12N4O/c1-3-11(8)7(12)6-4-9-10(2)5-6/h4-5H,3,8H2,1-2H3. The van der Waals surface area contributed by atoms with E-state index in [0.29, 0.717) is 12.1 Å². The molecule has 0 radical (unpaired) electrons. The summed E-state index contributed by atoms with van der Waals surface area (Å²) in [6.07, 6.45) is 3.13. The molecule has 1 aromatic rings. The van der Waals surface area contributed by atoms with Crippen LogP contribution in [0.15, 0.2) is 12.4 Å². The number of aromatic nitrogens is 2. The molecule has 1 aromatic heterocycles. The third-order valence-corrected chi connectivity index (χ3v) is 1.55. The van der Waals surface area contributed by atoms with Gasteiger partial charge in [-0.3, -0.25) is 14.5 Å². The van der Waals surface area contributed by atoms with Crippen molar-refractivity contribution in [2.24, 2.45) is 12.9 Å². The van der Waals surface area contributed by atoms with Gasteiger partial charge in [0.05, 0.1) is 11.8 Å². The van der Waals surface area contributed by atoms with Crippen LogP contribution in [-0.4, -0.2) is 27.2 Å². The second kappa shape index (κ2) is 3.36. The summed E-state index contributed by atoms with van der Waals surface area (Å²) in [5.74, 6) is 5.20. The van der Waals surface area contributed by atoms with Crippen LogP contribution in [0.25, 0.3) is 0 Å². The van der Waals surface area contributed by atoms with Crippen LogP contribution in [-0.2, 0) is 7.05 Å². The highest BCUT2D eigenvalue weighted by atomic mass is 16.2. The summed E-state index contributed by atoms with van der Waals surface area (Å²) in [5, 5.41) is 5.02. The third kappa shape index (κ3) is 1.62. The van der Waals surface area contributed by atoms with Gasteiger partial charge in [0.25, 0.3) is 5.91 Å². The van der Waals surface area contributed by atoms with Crippen molar-refractivity contribution in [2.75, 3.05) is 6.54 Å². The van der Waals surface area contributed by atoms with Crippen LogP contribution in [0.5, 0.6) is 0 Å². The second-order valence-electron chi connectivity index (χ2n) is 2.49. The predicted octanol–water partition coefficient (Wildman–Crippen LogP) is -0.244. The van der Waals surface area contributed by atoms with Gasteiger partial charge in [0.2, 0.25) is 0 Å². The maximum absolute atomic E-state index is 11.3. The lowest BCUT2D eigenvalue weighted by Gasteiger charge is -2.11. The smallest absolute Gasteiger partial charge is 0.270 e. The molecule has 5 heteroatoms. The van der Waals surface area contributed by atoms with Crippen molar-refractivity contribution in [3.05, 3.63) is 18.0 Å². The number of hydrazine groups is 1. The number of hydrogen-bond donors (Lipinski definition) is 1. The Labute approximate surface area is 70.7 Å². The van der Waals surface area contributed by atoms with Crippen molar-refractivity contribution >= 4 is 5.91 Å². The van der Waals surface area contributed by atoms with E-state index in [0.717, 1.165) is 5.01 Å². The minimum Gasteiger partial charge on any atom is -0.277 e. The normalized spacial score (nSPS) is 9.92. The summed E-state index contributed by atoms with van der Waals surface area (Å²) in [6, 6.07) is 0. The Morgan fingerprint density at radius 3 is 2.92 bits per heavy atom. The summed E-state index contributed by atoms with van der Waals surface area (Å²) in [4.78, 5) is 11.3. The van der Waals surface area contributed by atoms with Gasteiger partial charge < -0.3 is 0 Å². The average molecular weight is 168 g/mol. The molecule has 0 aliphatic rings. The average Bonchev–Trinajstić information content (AvgIpc) is 2.49. The molecule has 0 saturated heterocycles. The topological polar surface area (TPSA) is 64.2 Å². The molecule has 0 fully saturated rings. The molecule has 66 valence electrons. The highest BCUT2D eigenvalue weighted by Crippen LogP contribution is 1.99. The fraction of sp³-hybridized carbons (Fsp3) is 0.429. The van der Waals surface area contributed by atoms with E-state index in [1.807, 2.05) is 6.92 Å². The third-order valence-electron chi connectivity index (χ3n) is 1.55. The first-order valence-corrected chi connectivity index (χ1v) is 3.70. The molecule has 1 heterocycles. The zero-order chi connectivity index (χ0) is 9.14. The van der Waals surface area contributed by atoms with Crippen LogP contribution in [0.4, 0.5) is 0 Å². The molecule has 0 spiro atoms. The van der Waals surface area contributed by atoms with E-state index in [1.54, 1.807) is 17.9 Å². The summed E-state index contributed by atoms with van der Waals surface area (Å²) >= 11 is 0. The lowest BCUT2D eigenvalue weighted by Crippen LogP contribution is -2.36. The first-order chi connectivity index (χ1) is 5.65. The maximum atomic E-state index is 11.3. The van der Waals surface area contributed by atoms with E-state index < -0.39 is 0 Å². The molecule has 0 aromatic carbocycles. The zero-order valence-corrected chi connectivity index (χ0v) is 7.19. The van der Waals surface area contributed by atoms with E-state index in [-0.39, 0.29) is 5.91 Å². The molecule has 1 rings (SSSR count). The van der Waals surface area contributed by atoms with Crippen LogP contribution in [0.1, 0.15) is 17.3 Å². The molecule has 5 nitrogen and oxygen atoms in total. The molecule has 0 atom stereocenters. The number of aryl methyl sites for hydroxylation is 1. The molecule has 0 saturated carbocycles. The Morgan fingerprint density at radius 2 is 2.50 bits per heavy atom. The SMILES string of the molecule is CCN(N)C(=O)c1cnn(C)c1. The summed E-state index contributed by atoms with van der Waals surface area (Å²) in [7, 11) is 1.75. The molecule has 12 heavy (non-hydrogen) atoms. The molecule has 1 amide bonds. The van der Waals surface area contributed by atoms with Gasteiger partial charge in [-0.2, -0.15) is 5.10 Å². The van der Waals surface area contributed by atoms with E-state index in [2.05, 4.69) is 5.10 Å². The highest BCUT2D eigenvalue weighted by Gasteiger charge is 2.11. The van der Waals surface area contributed by atoms with Gasteiger partial charge in [-0.25, -0.2) is 5.84 Å². The monoisotopic (exact) mass is 168 g/mol. The molecule has 0 bridgehead atoms. The van der Waals surface area contributed by atoms with Crippen molar-refractivity contribution in [2.45, 2.75) is 6.92 Å². The van der Waals surface area contributed by atoms with Crippen LogP contribution in [0.3, 0.4) is 0 Å². The summed E-state index contributed by atoms with van der Waals surface area (Å²) in [5.41, 5.74) is 0.516. The van der Waals surface area contributed by atoms with Gasteiger partial charge in [0, 0.05) is 19.8 Å². The largest absolute Gasteiger partial charge is 0.277 e. The van der Waals surface area contributed by atoms with Crippen molar-refractivity contribution < 1.29 is 4.79 Å². The molecular weight excluding hydrogens is 156 g/mol. The van der Waals surface area contributed by atoms with Gasteiger partial charge in [0.15, 0.2) is 0 Å². The van der Waals surface area contributed by atoms with Crippen LogP contribution in [0, 0.1) is 0 Å². The molecule has 2 N–H and O–H groups in total. The van der Waals surface area contributed by atoms with Gasteiger partial charge in [-0.05, 0) is 6.92 Å². The van der Waals surface area contributed by atoms with E-state index in [1.165, 1.54) is 6.20 Å². The van der Waals surface area contributed by atoms with E-state index >= 15 is 0 Å². The van der Waals surface area contributed by atoms with Crippen LogP contribution < -0.4 is 5.84 Å². The van der Waals surface area contributed by atoms with E-state index in [9.17, 15) is 4.79 Å². The van der Waals surface area contributed by atoms with Gasteiger partial charge in [-0.15, -0.1) is 0 Å². The summed E-state index contributed by atoms with van der Waals surface area (Å²) in [6.45, 7) is 2.31. The minimum absolute atomic E-state index is 0.203. The number of rotatable bonds is 2. The number of nitrogens with two attached hydrogens (primary N) is 1. The first kappa shape index (κ1) is 8.73. The number of nitrogens with zero attached hydrogens (tertiary/aromatic N) is 3. The van der Waals surface area contributed by atoms with Crippen molar-refractivity contribution in [1.29, 1.82) is 0 Å². The molecule has 0 aliphatic carbocycles. The Hall–Kier alpha value is -1.36. The van der Waals surface area contributed by atoms with Crippen LogP contribution in [0.2, 0.25) is 0 Å². The maximum Gasteiger partial charge on any atom is 0.270 e. The Morgan fingerprint density at radius 1 is 1.83 bits per heavy atom. The zero-order valence-electron chi connectivity index (χ0n) is 7.19. The van der Waals surface area contributed by atoms with Crippen molar-refractivity contribution in [1.82, 2.24) is 14.8 Å². The fourth-order valence-electron chi connectivity index (χ4n) is 0.841. The predicted molar refractivity (Wildman–Crippen MR) is 44.1 cm³/mol. The number of carbonyl (C=O) groups is 1. The van der Waals surface area contributed by atoms with Gasteiger partial charge >= 0.3 is 0 Å². The molecule has 0 aliphatic heterocycles. The second-order valence-corrected chi connectivity index (χ2v) is 2.49. The lowest BCUT2D eigenvalue weighted by molar-refractivity contribution is 0.0764. The minimum atomic E-state index is -0.203. The van der Waals surface area contributed by atoms with Crippen molar-refractivity contribution in [3.8, 4) is 0 Å².